The number of benzene rings is 1. The van der Waals surface area contributed by atoms with E-state index in [9.17, 15) is 0 Å². The van der Waals surface area contributed by atoms with Gasteiger partial charge in [0, 0.05) is 17.0 Å². The van der Waals surface area contributed by atoms with E-state index in [0.29, 0.717) is 21.8 Å². The number of hydrogen-bond donors (Lipinski definition) is 1. The molecule has 7 heteroatoms. The zero-order valence-corrected chi connectivity index (χ0v) is 12.9. The molecule has 0 saturated carbocycles. The average Bonchev–Trinajstić information content (AvgIpc) is 3.15. The Balaban J connectivity index is 1.66. The van der Waals surface area contributed by atoms with Crippen molar-refractivity contribution in [1.29, 1.82) is 0 Å². The highest BCUT2D eigenvalue weighted by atomic mass is 35.5. The average molecular weight is 321 g/mol. The van der Waals surface area contributed by atoms with Crippen molar-refractivity contribution in [2.24, 2.45) is 0 Å². The Morgan fingerprint density at radius 1 is 1.29 bits per heavy atom. The maximum absolute atomic E-state index is 5.87. The molecule has 108 valence electrons. The fourth-order valence-electron chi connectivity index (χ4n) is 1.75. The third kappa shape index (κ3) is 3.46. The van der Waals surface area contributed by atoms with Crippen molar-refractivity contribution in [1.82, 2.24) is 20.2 Å². The standard InChI is InChI=1S/C14H13ClN4OS/c1-2-12-17-14(19-18-12)21-8-13-16-7-11(20-13)9-3-5-10(15)6-4-9/h3-7H,2,8H2,1H3,(H,17,18,19). The number of halogens is 1. The molecule has 0 saturated heterocycles. The van der Waals surface area contributed by atoms with Crippen LogP contribution in [0.2, 0.25) is 5.02 Å². The lowest BCUT2D eigenvalue weighted by molar-refractivity contribution is 0.530. The number of aryl methyl sites for hydroxylation is 1. The molecule has 0 radical (unpaired) electrons. The van der Waals surface area contributed by atoms with Crippen LogP contribution in [0, 0.1) is 0 Å². The maximum Gasteiger partial charge on any atom is 0.208 e. The number of hydrogen-bond acceptors (Lipinski definition) is 5. The molecular weight excluding hydrogens is 308 g/mol. The Hall–Kier alpha value is -1.79. The van der Waals surface area contributed by atoms with Gasteiger partial charge in [-0.25, -0.2) is 9.97 Å². The van der Waals surface area contributed by atoms with Gasteiger partial charge in [0.1, 0.15) is 5.82 Å². The van der Waals surface area contributed by atoms with Crippen molar-refractivity contribution in [2.75, 3.05) is 0 Å². The van der Waals surface area contributed by atoms with Gasteiger partial charge in [0.2, 0.25) is 11.0 Å². The summed E-state index contributed by atoms with van der Waals surface area (Å²) < 4.78 is 5.72. The summed E-state index contributed by atoms with van der Waals surface area (Å²) in [7, 11) is 0. The van der Waals surface area contributed by atoms with E-state index in [0.717, 1.165) is 23.6 Å². The first-order valence-corrected chi connectivity index (χ1v) is 7.85. The highest BCUT2D eigenvalue weighted by molar-refractivity contribution is 7.98. The number of aromatic amines is 1. The van der Waals surface area contributed by atoms with Crippen LogP contribution in [0.1, 0.15) is 18.6 Å². The highest BCUT2D eigenvalue weighted by Gasteiger charge is 2.09. The third-order valence-electron chi connectivity index (χ3n) is 2.85. The number of rotatable bonds is 5. The topological polar surface area (TPSA) is 67.6 Å². The summed E-state index contributed by atoms with van der Waals surface area (Å²) in [5, 5.41) is 8.41. The van der Waals surface area contributed by atoms with E-state index in [-0.39, 0.29) is 0 Å². The predicted octanol–water partition coefficient (Wildman–Crippen LogP) is 3.97. The lowest BCUT2D eigenvalue weighted by Gasteiger charge is -1.96. The molecule has 0 aliphatic rings. The molecule has 0 bridgehead atoms. The molecular formula is C14H13ClN4OS. The van der Waals surface area contributed by atoms with Crippen LogP contribution in [0.4, 0.5) is 0 Å². The smallest absolute Gasteiger partial charge is 0.208 e. The lowest BCUT2D eigenvalue weighted by atomic mass is 10.2. The van der Waals surface area contributed by atoms with Gasteiger partial charge in [-0.05, 0) is 24.3 Å². The van der Waals surface area contributed by atoms with Gasteiger partial charge in [0.05, 0.1) is 11.9 Å². The van der Waals surface area contributed by atoms with Gasteiger partial charge in [-0.2, -0.15) is 0 Å². The number of aromatic nitrogens is 4. The largest absolute Gasteiger partial charge is 0.440 e. The normalized spacial score (nSPS) is 11.0. The molecule has 3 aromatic rings. The summed E-state index contributed by atoms with van der Waals surface area (Å²) in [5.41, 5.74) is 0.953. The van der Waals surface area contributed by atoms with Crippen molar-refractivity contribution in [3.8, 4) is 11.3 Å². The van der Waals surface area contributed by atoms with Crippen molar-refractivity contribution in [2.45, 2.75) is 24.3 Å². The molecule has 0 aliphatic carbocycles. The Bertz CT molecular complexity index is 723. The fourth-order valence-corrected chi connectivity index (χ4v) is 2.55. The number of nitrogens with zero attached hydrogens (tertiary/aromatic N) is 3. The zero-order valence-electron chi connectivity index (χ0n) is 11.3. The van der Waals surface area contributed by atoms with Crippen LogP contribution in [0.25, 0.3) is 11.3 Å². The van der Waals surface area contributed by atoms with Crippen molar-refractivity contribution >= 4 is 23.4 Å². The third-order valence-corrected chi connectivity index (χ3v) is 3.94. The van der Waals surface area contributed by atoms with Crippen LogP contribution in [0.3, 0.4) is 0 Å². The van der Waals surface area contributed by atoms with E-state index in [4.69, 9.17) is 16.0 Å². The molecule has 0 fully saturated rings. The molecule has 21 heavy (non-hydrogen) atoms. The first kappa shape index (κ1) is 14.2. The van der Waals surface area contributed by atoms with Crippen LogP contribution in [-0.4, -0.2) is 20.2 Å². The molecule has 1 aromatic carbocycles. The first-order chi connectivity index (χ1) is 10.2. The molecule has 2 aromatic heterocycles. The van der Waals surface area contributed by atoms with E-state index in [1.165, 1.54) is 11.8 Å². The quantitative estimate of drug-likeness (QED) is 0.720. The SMILES string of the molecule is CCc1nc(SCc2ncc(-c3ccc(Cl)cc3)o2)n[nH]1. The zero-order chi connectivity index (χ0) is 14.7. The van der Waals surface area contributed by atoms with Crippen LogP contribution in [-0.2, 0) is 12.2 Å². The molecule has 0 unspecified atom stereocenters. The van der Waals surface area contributed by atoms with Crippen LogP contribution < -0.4 is 0 Å². The summed E-state index contributed by atoms with van der Waals surface area (Å²) >= 11 is 7.36. The second-order valence-electron chi connectivity index (χ2n) is 4.33. The molecule has 2 heterocycles. The number of nitrogens with one attached hydrogen (secondary N) is 1. The monoisotopic (exact) mass is 320 g/mol. The van der Waals surface area contributed by atoms with Gasteiger partial charge in [-0.1, -0.05) is 30.3 Å². The first-order valence-electron chi connectivity index (χ1n) is 6.49. The minimum absolute atomic E-state index is 0.592. The van der Waals surface area contributed by atoms with E-state index in [1.54, 1.807) is 6.20 Å². The molecule has 5 nitrogen and oxygen atoms in total. The second kappa shape index (κ2) is 6.32. The van der Waals surface area contributed by atoms with Gasteiger partial charge < -0.3 is 4.42 Å². The summed E-state index contributed by atoms with van der Waals surface area (Å²) in [6.45, 7) is 2.03. The molecule has 3 rings (SSSR count). The van der Waals surface area contributed by atoms with Crippen molar-refractivity contribution < 1.29 is 4.42 Å². The van der Waals surface area contributed by atoms with Crippen LogP contribution in [0.5, 0.6) is 0 Å². The van der Waals surface area contributed by atoms with Crippen LogP contribution >= 0.6 is 23.4 Å². The Morgan fingerprint density at radius 3 is 2.81 bits per heavy atom. The fraction of sp³-hybridized carbons (Fsp3) is 0.214. The van der Waals surface area contributed by atoms with E-state index in [1.807, 2.05) is 31.2 Å². The van der Waals surface area contributed by atoms with Gasteiger partial charge in [-0.3, -0.25) is 5.10 Å². The minimum Gasteiger partial charge on any atom is -0.440 e. The number of thioether (sulfide) groups is 1. The van der Waals surface area contributed by atoms with E-state index < -0.39 is 0 Å². The van der Waals surface area contributed by atoms with Gasteiger partial charge in [0.25, 0.3) is 0 Å². The molecule has 0 amide bonds. The summed E-state index contributed by atoms with van der Waals surface area (Å²) in [4.78, 5) is 8.60. The number of H-pyrrole nitrogens is 1. The van der Waals surface area contributed by atoms with Gasteiger partial charge >= 0.3 is 0 Å². The minimum atomic E-state index is 0.592. The molecule has 0 spiro atoms. The van der Waals surface area contributed by atoms with E-state index >= 15 is 0 Å². The molecule has 0 aliphatic heterocycles. The van der Waals surface area contributed by atoms with E-state index in [2.05, 4.69) is 20.2 Å². The maximum atomic E-state index is 5.87. The number of oxazole rings is 1. The van der Waals surface area contributed by atoms with Crippen molar-refractivity contribution in [3.05, 3.63) is 47.2 Å². The Labute approximate surface area is 131 Å². The van der Waals surface area contributed by atoms with Gasteiger partial charge in [-0.15, -0.1) is 5.10 Å². The van der Waals surface area contributed by atoms with Crippen LogP contribution in [0.15, 0.2) is 40.0 Å². The lowest BCUT2D eigenvalue weighted by Crippen LogP contribution is -1.82. The van der Waals surface area contributed by atoms with Crippen molar-refractivity contribution in [3.63, 3.8) is 0 Å². The molecule has 1 N–H and O–H groups in total. The Kier molecular flexibility index (Phi) is 4.26. The summed E-state index contributed by atoms with van der Waals surface area (Å²) in [6.07, 6.45) is 2.56. The second-order valence-corrected chi connectivity index (χ2v) is 5.71. The van der Waals surface area contributed by atoms with Gasteiger partial charge in [0.15, 0.2) is 5.76 Å². The Morgan fingerprint density at radius 2 is 2.10 bits per heavy atom. The molecule has 0 atom stereocenters. The highest BCUT2D eigenvalue weighted by Crippen LogP contribution is 2.25. The summed E-state index contributed by atoms with van der Waals surface area (Å²) in [5.74, 6) is 2.85. The predicted molar refractivity (Wildman–Crippen MR) is 82.3 cm³/mol. The summed E-state index contributed by atoms with van der Waals surface area (Å²) in [6, 6.07) is 7.46.